The largest absolute Gasteiger partial charge is 0.462 e. The first-order valence-corrected chi connectivity index (χ1v) is 14.1. The van der Waals surface area contributed by atoms with Crippen molar-refractivity contribution >= 4 is 5.97 Å². The van der Waals surface area contributed by atoms with Crippen molar-refractivity contribution in [2.75, 3.05) is 0 Å². The number of esters is 1. The number of carbonyl (C=O) groups is 1. The lowest BCUT2D eigenvalue weighted by Crippen LogP contribution is -2.67. The van der Waals surface area contributed by atoms with Crippen LogP contribution in [0.25, 0.3) is 0 Å². The minimum Gasteiger partial charge on any atom is -0.462 e. The zero-order chi connectivity index (χ0) is 25.2. The second-order valence-corrected chi connectivity index (χ2v) is 13.3. The molecular weight excluding hydrogens is 444 g/mol. The van der Waals surface area contributed by atoms with E-state index in [0.29, 0.717) is 24.7 Å². The van der Waals surface area contributed by atoms with E-state index >= 15 is 0 Å². The first-order chi connectivity index (χ1) is 16.4. The molecule has 198 valence electrons. The number of rotatable bonds is 6. The predicted molar refractivity (Wildman–Crippen MR) is 132 cm³/mol. The predicted octanol–water partition coefficient (Wildman–Crippen LogP) is 6.07. The molecule has 4 fully saturated rings. The Morgan fingerprint density at radius 1 is 1.17 bits per heavy atom. The highest BCUT2D eigenvalue weighted by molar-refractivity contribution is 5.66. The first kappa shape index (κ1) is 25.7. The van der Waals surface area contributed by atoms with E-state index in [2.05, 4.69) is 40.7 Å². The molecule has 1 N–H and O–H groups in total. The number of hydrogen-bond acceptors (Lipinski definition) is 6. The van der Waals surface area contributed by atoms with Crippen molar-refractivity contribution in [2.24, 2.45) is 34.5 Å². The lowest BCUT2D eigenvalue weighted by atomic mass is 9.45. The molecule has 9 atom stereocenters. The summed E-state index contributed by atoms with van der Waals surface area (Å²) in [6, 6.07) is 0. The Labute approximate surface area is 211 Å². The topological polar surface area (TPSA) is 74.2 Å². The first-order valence-electron chi connectivity index (χ1n) is 14.1. The average molecular weight is 491 g/mol. The molecule has 5 aliphatic rings. The molecule has 2 saturated heterocycles. The van der Waals surface area contributed by atoms with Gasteiger partial charge in [0.15, 0.2) is 6.29 Å². The van der Waals surface area contributed by atoms with Crippen molar-refractivity contribution in [1.82, 2.24) is 0 Å². The third-order valence-electron chi connectivity index (χ3n) is 10.8. The van der Waals surface area contributed by atoms with E-state index < -0.39 is 11.4 Å². The van der Waals surface area contributed by atoms with Crippen LogP contribution in [0.2, 0.25) is 0 Å². The normalized spacial score (nSPS) is 47.4. The lowest BCUT2D eigenvalue weighted by Gasteiger charge is -2.64. The van der Waals surface area contributed by atoms with Crippen molar-refractivity contribution in [1.29, 1.82) is 0 Å². The molecule has 2 bridgehead atoms. The van der Waals surface area contributed by atoms with E-state index in [1.54, 1.807) is 0 Å². The van der Waals surface area contributed by atoms with Gasteiger partial charge in [0.05, 0.1) is 5.60 Å². The Hall–Kier alpha value is -0.950. The summed E-state index contributed by atoms with van der Waals surface area (Å²) in [6.07, 6.45) is 10.9. The Morgan fingerprint density at radius 2 is 1.91 bits per heavy atom. The Bertz CT molecular complexity index is 869. The Morgan fingerprint density at radius 3 is 2.63 bits per heavy atom. The van der Waals surface area contributed by atoms with Gasteiger partial charge in [0.25, 0.3) is 0 Å². The van der Waals surface area contributed by atoms with Crippen LogP contribution in [-0.4, -0.2) is 34.9 Å². The second kappa shape index (κ2) is 8.82. The van der Waals surface area contributed by atoms with Crippen LogP contribution in [0.15, 0.2) is 11.6 Å². The van der Waals surface area contributed by atoms with Crippen LogP contribution < -0.4 is 0 Å². The molecule has 0 radical (unpaired) electrons. The van der Waals surface area contributed by atoms with E-state index in [4.69, 9.17) is 19.2 Å². The Kier molecular flexibility index (Phi) is 6.47. The molecule has 2 aliphatic heterocycles. The fourth-order valence-electron chi connectivity index (χ4n) is 8.68. The maximum Gasteiger partial charge on any atom is 0.302 e. The summed E-state index contributed by atoms with van der Waals surface area (Å²) >= 11 is 0. The summed E-state index contributed by atoms with van der Waals surface area (Å²) in [7, 11) is 0. The minimum absolute atomic E-state index is 0.157. The van der Waals surface area contributed by atoms with Crippen LogP contribution in [0, 0.1) is 34.5 Å². The van der Waals surface area contributed by atoms with Crippen molar-refractivity contribution in [3.63, 3.8) is 0 Å². The maximum atomic E-state index is 11.9. The zero-order valence-corrected chi connectivity index (χ0v) is 22.6. The maximum absolute atomic E-state index is 11.9. The molecule has 1 spiro atoms. The summed E-state index contributed by atoms with van der Waals surface area (Å²) in [4.78, 5) is 23.7. The smallest absolute Gasteiger partial charge is 0.302 e. The third-order valence-corrected chi connectivity index (χ3v) is 10.8. The van der Waals surface area contributed by atoms with Gasteiger partial charge in [-0.15, -0.1) is 0 Å². The molecule has 6 heteroatoms. The molecule has 5 rings (SSSR count). The van der Waals surface area contributed by atoms with Crippen LogP contribution in [-0.2, 0) is 24.0 Å². The lowest BCUT2D eigenvalue weighted by molar-refractivity contribution is -0.354. The van der Waals surface area contributed by atoms with Gasteiger partial charge in [0.2, 0.25) is 5.79 Å². The van der Waals surface area contributed by atoms with E-state index in [0.717, 1.165) is 38.0 Å². The van der Waals surface area contributed by atoms with Crippen molar-refractivity contribution in [3.05, 3.63) is 11.6 Å². The van der Waals surface area contributed by atoms with Gasteiger partial charge in [-0.25, -0.2) is 4.89 Å². The average Bonchev–Trinajstić information content (AvgIpc) is 3.15. The van der Waals surface area contributed by atoms with Crippen LogP contribution in [0.5, 0.6) is 0 Å². The molecule has 2 saturated carbocycles. The van der Waals surface area contributed by atoms with Crippen LogP contribution in [0.4, 0.5) is 0 Å². The van der Waals surface area contributed by atoms with E-state index in [1.165, 1.54) is 31.8 Å². The highest BCUT2D eigenvalue weighted by atomic mass is 17.3. The highest BCUT2D eigenvalue weighted by Gasteiger charge is 2.72. The molecule has 3 aliphatic carbocycles. The van der Waals surface area contributed by atoms with E-state index in [9.17, 15) is 9.90 Å². The van der Waals surface area contributed by atoms with Gasteiger partial charge >= 0.3 is 5.97 Å². The molecule has 35 heavy (non-hydrogen) atoms. The van der Waals surface area contributed by atoms with Crippen molar-refractivity contribution in [3.8, 4) is 0 Å². The number of ether oxygens (including phenoxy) is 2. The molecule has 6 nitrogen and oxygen atoms in total. The fourth-order valence-corrected chi connectivity index (χ4v) is 8.68. The quantitative estimate of drug-likeness (QED) is 0.277. The van der Waals surface area contributed by atoms with Gasteiger partial charge in [-0.2, -0.15) is 4.89 Å². The fraction of sp³-hybridized carbons (Fsp3) is 0.897. The molecule has 0 aromatic rings. The van der Waals surface area contributed by atoms with Crippen LogP contribution in [0.3, 0.4) is 0 Å². The van der Waals surface area contributed by atoms with Gasteiger partial charge in [-0.3, -0.25) is 4.79 Å². The highest BCUT2D eigenvalue weighted by Crippen LogP contribution is 2.70. The second-order valence-electron chi connectivity index (χ2n) is 13.3. The summed E-state index contributed by atoms with van der Waals surface area (Å²) in [5, 5.41) is 11.9. The summed E-state index contributed by atoms with van der Waals surface area (Å²) in [5.74, 6) is 0.791. The number of carbonyl (C=O) groups excluding carboxylic acids is 1. The van der Waals surface area contributed by atoms with Gasteiger partial charge < -0.3 is 14.6 Å². The van der Waals surface area contributed by atoms with Gasteiger partial charge in [-0.1, -0.05) is 60.0 Å². The number of hydrogen-bond donors (Lipinski definition) is 1. The molecule has 0 amide bonds. The van der Waals surface area contributed by atoms with Gasteiger partial charge in [0.1, 0.15) is 6.10 Å². The van der Waals surface area contributed by atoms with Crippen LogP contribution in [0.1, 0.15) is 106 Å². The molecule has 2 heterocycles. The molecule has 1 unspecified atom stereocenters. The number of fused-ring (bicyclic) bond motifs is 4. The summed E-state index contributed by atoms with van der Waals surface area (Å²) in [6.45, 7) is 13.1. The standard InChI is InChI=1S/C29H46O6/c1-18(2)8-7-9-19(3)24-16-25-33-29(35-34-25)23-12-15-28(31)17-21(32-20(4)30)10-13-26(28,5)22(23)11-14-27(24,29)6/h12,18-19,21-22,24-25,31H,7-11,13-17H2,1-6H3/t19-,21+,22?,24-,25+,26-,27-,28-,29-/m1/s1. The van der Waals surface area contributed by atoms with Crippen LogP contribution >= 0.6 is 0 Å². The van der Waals surface area contributed by atoms with Gasteiger partial charge in [0, 0.05) is 30.6 Å². The monoisotopic (exact) mass is 490 g/mol. The Balaban J connectivity index is 1.44. The van der Waals surface area contributed by atoms with E-state index in [-0.39, 0.29) is 35.1 Å². The zero-order valence-electron chi connectivity index (χ0n) is 22.6. The molecular formula is C29H46O6. The SMILES string of the molecule is CC(=O)O[C@H]1CC[C@]2(C)C3CC[C@]4(C)[C@@H]([C@H](C)CCCC(C)C)C[C@@H]5OO[C@]4(O5)C3=CC[C@@]2(O)C1. The summed E-state index contributed by atoms with van der Waals surface area (Å²) in [5.41, 5.74) is -0.197. The van der Waals surface area contributed by atoms with E-state index in [1.807, 2.05) is 0 Å². The van der Waals surface area contributed by atoms with Crippen molar-refractivity contribution in [2.45, 2.75) is 130 Å². The van der Waals surface area contributed by atoms with Gasteiger partial charge in [-0.05, 0) is 61.3 Å². The van der Waals surface area contributed by atoms with Crippen molar-refractivity contribution < 1.29 is 29.1 Å². The third kappa shape index (κ3) is 3.84. The molecule has 0 aromatic heterocycles. The number of aliphatic hydroxyl groups is 1. The summed E-state index contributed by atoms with van der Waals surface area (Å²) < 4.78 is 12.2. The minimum atomic E-state index is -0.902. The molecule has 0 aromatic carbocycles.